The molecule has 3 aromatic heterocycles. The predicted octanol–water partition coefficient (Wildman–Crippen LogP) is 1.12. The van der Waals surface area contributed by atoms with E-state index in [1.54, 1.807) is 22.2 Å². The van der Waals surface area contributed by atoms with Gasteiger partial charge < -0.3 is 10.2 Å². The number of hydrogen-bond acceptors (Lipinski definition) is 5. The lowest BCUT2D eigenvalue weighted by Gasteiger charge is -2.17. The number of carbonyl (C=O) groups excluding carboxylic acids is 1. The van der Waals surface area contributed by atoms with Crippen molar-refractivity contribution in [3.63, 3.8) is 0 Å². The lowest BCUT2D eigenvalue weighted by molar-refractivity contribution is -0.895. The van der Waals surface area contributed by atoms with E-state index in [4.69, 9.17) is 0 Å². The molecule has 0 bridgehead atoms. The van der Waals surface area contributed by atoms with Crippen LogP contribution in [0.2, 0.25) is 0 Å². The number of quaternary nitrogens is 1. The molecule has 7 nitrogen and oxygen atoms in total. The number of fused-ring (bicyclic) bond motifs is 5. The van der Waals surface area contributed by atoms with Crippen LogP contribution in [0.5, 0.6) is 0 Å². The molecule has 0 unspecified atom stereocenters. The minimum atomic E-state index is -0.212. The van der Waals surface area contributed by atoms with Gasteiger partial charge in [-0.3, -0.25) is 4.79 Å². The zero-order valence-electron chi connectivity index (χ0n) is 16.2. The molecule has 1 aliphatic carbocycles. The number of carbonyl (C=O) groups is 1. The molecule has 8 heteroatoms. The molecule has 0 radical (unpaired) electrons. The second-order valence-electron chi connectivity index (χ2n) is 7.44. The van der Waals surface area contributed by atoms with Gasteiger partial charge in [-0.25, -0.2) is 14.5 Å². The van der Waals surface area contributed by atoms with Gasteiger partial charge in [0, 0.05) is 4.88 Å². The SMILES string of the molecule is CC[NH+](CC)CCNC(=O)c1nc2c3c4c(sc3ncn2n1)CC[C@H](C)C4. The van der Waals surface area contributed by atoms with Gasteiger partial charge in [-0.1, -0.05) is 6.92 Å². The maximum atomic E-state index is 12.5. The third-order valence-electron chi connectivity index (χ3n) is 5.60. The normalized spacial score (nSPS) is 17.0. The van der Waals surface area contributed by atoms with Crippen molar-refractivity contribution in [3.8, 4) is 0 Å². The Balaban J connectivity index is 1.61. The Kier molecular flexibility index (Phi) is 5.10. The van der Waals surface area contributed by atoms with Crippen molar-refractivity contribution in [2.24, 2.45) is 5.92 Å². The van der Waals surface area contributed by atoms with Gasteiger partial charge in [-0.15, -0.1) is 16.4 Å². The van der Waals surface area contributed by atoms with E-state index >= 15 is 0 Å². The second kappa shape index (κ2) is 7.52. The van der Waals surface area contributed by atoms with Crippen molar-refractivity contribution in [1.82, 2.24) is 24.9 Å². The molecule has 1 atom stereocenters. The first-order valence-electron chi connectivity index (χ1n) is 9.88. The van der Waals surface area contributed by atoms with Gasteiger partial charge in [-0.2, -0.15) is 0 Å². The van der Waals surface area contributed by atoms with Crippen molar-refractivity contribution in [3.05, 3.63) is 22.6 Å². The third kappa shape index (κ3) is 3.43. The minimum Gasteiger partial charge on any atom is -0.344 e. The number of rotatable bonds is 6. The van der Waals surface area contributed by atoms with Crippen LogP contribution in [-0.4, -0.2) is 51.7 Å². The Morgan fingerprint density at radius 3 is 3.00 bits per heavy atom. The summed E-state index contributed by atoms with van der Waals surface area (Å²) >= 11 is 1.76. The van der Waals surface area contributed by atoms with Crippen molar-refractivity contribution >= 4 is 33.1 Å². The molecule has 0 aliphatic heterocycles. The molecule has 0 spiro atoms. The summed E-state index contributed by atoms with van der Waals surface area (Å²) in [5.41, 5.74) is 2.11. The van der Waals surface area contributed by atoms with E-state index < -0.39 is 0 Å². The quantitative estimate of drug-likeness (QED) is 0.665. The molecule has 27 heavy (non-hydrogen) atoms. The summed E-state index contributed by atoms with van der Waals surface area (Å²) in [6.07, 6.45) is 5.06. The lowest BCUT2D eigenvalue weighted by Crippen LogP contribution is -3.12. The van der Waals surface area contributed by atoms with Crippen molar-refractivity contribution in [2.45, 2.75) is 40.0 Å². The highest BCUT2D eigenvalue weighted by Crippen LogP contribution is 2.38. The molecule has 4 rings (SSSR count). The average Bonchev–Trinajstić information content (AvgIpc) is 3.25. The Morgan fingerprint density at radius 2 is 2.22 bits per heavy atom. The van der Waals surface area contributed by atoms with Crippen LogP contribution in [0.3, 0.4) is 0 Å². The van der Waals surface area contributed by atoms with Crippen molar-refractivity contribution in [1.29, 1.82) is 0 Å². The Morgan fingerprint density at radius 1 is 1.41 bits per heavy atom. The summed E-state index contributed by atoms with van der Waals surface area (Å²) in [4.78, 5) is 25.5. The summed E-state index contributed by atoms with van der Waals surface area (Å²) in [5.74, 6) is 0.683. The molecular formula is C19H27N6OS+. The number of thiophene rings is 1. The highest BCUT2D eigenvalue weighted by molar-refractivity contribution is 7.19. The topological polar surface area (TPSA) is 76.6 Å². The molecule has 0 saturated heterocycles. The van der Waals surface area contributed by atoms with Gasteiger partial charge in [0.15, 0.2) is 5.65 Å². The first-order chi connectivity index (χ1) is 13.1. The van der Waals surface area contributed by atoms with Crippen LogP contribution >= 0.6 is 11.3 Å². The lowest BCUT2D eigenvalue weighted by atomic mass is 9.89. The summed E-state index contributed by atoms with van der Waals surface area (Å²) < 4.78 is 1.65. The molecule has 0 fully saturated rings. The fraction of sp³-hybridized carbons (Fsp3) is 0.579. The minimum absolute atomic E-state index is 0.212. The van der Waals surface area contributed by atoms with E-state index in [1.807, 2.05) is 0 Å². The first-order valence-corrected chi connectivity index (χ1v) is 10.7. The van der Waals surface area contributed by atoms with E-state index in [-0.39, 0.29) is 11.7 Å². The molecule has 1 aliphatic rings. The molecule has 2 N–H and O–H groups in total. The van der Waals surface area contributed by atoms with Gasteiger partial charge in [0.05, 0.1) is 31.6 Å². The highest BCUT2D eigenvalue weighted by Gasteiger charge is 2.24. The molecule has 3 aromatic rings. The van der Waals surface area contributed by atoms with Crippen molar-refractivity contribution < 1.29 is 9.69 Å². The fourth-order valence-corrected chi connectivity index (χ4v) is 5.06. The van der Waals surface area contributed by atoms with E-state index in [0.29, 0.717) is 12.5 Å². The van der Waals surface area contributed by atoms with E-state index in [2.05, 4.69) is 41.2 Å². The predicted molar refractivity (Wildman–Crippen MR) is 107 cm³/mol. The first kappa shape index (κ1) is 18.3. The summed E-state index contributed by atoms with van der Waals surface area (Å²) in [6, 6.07) is 0. The molecule has 1 amide bonds. The number of nitrogens with one attached hydrogen (secondary N) is 2. The van der Waals surface area contributed by atoms with Crippen LogP contribution in [-0.2, 0) is 12.8 Å². The number of amides is 1. The van der Waals surface area contributed by atoms with Crippen molar-refractivity contribution in [2.75, 3.05) is 26.2 Å². The zero-order valence-corrected chi connectivity index (χ0v) is 17.0. The summed E-state index contributed by atoms with van der Waals surface area (Å²) in [5, 5.41) is 8.42. The Hall–Kier alpha value is -2.06. The third-order valence-corrected chi connectivity index (χ3v) is 6.80. The van der Waals surface area contributed by atoms with Gasteiger partial charge in [0.1, 0.15) is 11.2 Å². The van der Waals surface area contributed by atoms with Gasteiger partial charge in [-0.05, 0) is 44.6 Å². The van der Waals surface area contributed by atoms with Crippen LogP contribution in [0.1, 0.15) is 48.3 Å². The smallest absolute Gasteiger partial charge is 0.291 e. The van der Waals surface area contributed by atoms with Gasteiger partial charge in [0.2, 0.25) is 5.82 Å². The molecule has 0 saturated carbocycles. The standard InChI is InChI=1S/C19H26N6OS/c1-4-24(5-2)9-8-20-18(26)16-22-17-15-13-10-12(3)6-7-14(13)27-19(15)21-11-25(17)23-16/h11-12H,4-10H2,1-3H3,(H,20,26)/p+1/t12-/m0/s1. The molecular weight excluding hydrogens is 360 g/mol. The van der Waals surface area contributed by atoms with E-state index in [9.17, 15) is 4.79 Å². The van der Waals surface area contributed by atoms with Crippen LogP contribution in [0.15, 0.2) is 6.33 Å². The second-order valence-corrected chi connectivity index (χ2v) is 8.53. The van der Waals surface area contributed by atoms with E-state index in [1.165, 1.54) is 21.8 Å². The maximum Gasteiger partial charge on any atom is 0.291 e. The Bertz CT molecular complexity index is 974. The maximum absolute atomic E-state index is 12.5. The van der Waals surface area contributed by atoms with Gasteiger partial charge in [0.25, 0.3) is 5.91 Å². The molecule has 3 heterocycles. The summed E-state index contributed by atoms with van der Waals surface area (Å²) in [6.45, 7) is 10.3. The fourth-order valence-electron chi connectivity index (χ4n) is 3.88. The van der Waals surface area contributed by atoms with E-state index in [0.717, 1.165) is 48.3 Å². The zero-order chi connectivity index (χ0) is 19.0. The molecule has 144 valence electrons. The number of likely N-dealkylation sites (N-methyl/N-ethyl adjacent to an activating group) is 1. The number of aryl methyl sites for hydroxylation is 1. The summed E-state index contributed by atoms with van der Waals surface area (Å²) in [7, 11) is 0. The number of hydrogen-bond donors (Lipinski definition) is 2. The Labute approximate surface area is 162 Å². The van der Waals surface area contributed by atoms with Crippen LogP contribution in [0, 0.1) is 5.92 Å². The van der Waals surface area contributed by atoms with Crippen LogP contribution in [0.25, 0.3) is 15.9 Å². The molecule has 0 aromatic carbocycles. The monoisotopic (exact) mass is 387 g/mol. The number of nitrogens with zero attached hydrogens (tertiary/aromatic N) is 4. The average molecular weight is 388 g/mol. The van der Waals surface area contributed by atoms with Crippen LogP contribution in [0.4, 0.5) is 0 Å². The number of aromatic nitrogens is 4. The largest absolute Gasteiger partial charge is 0.344 e. The van der Waals surface area contributed by atoms with Gasteiger partial charge >= 0.3 is 0 Å². The highest BCUT2D eigenvalue weighted by atomic mass is 32.1. The van der Waals surface area contributed by atoms with Crippen LogP contribution < -0.4 is 10.2 Å².